The van der Waals surface area contributed by atoms with E-state index in [1.165, 1.54) is 0 Å². The van der Waals surface area contributed by atoms with Crippen LogP contribution in [0, 0.1) is 5.92 Å². The van der Waals surface area contributed by atoms with Crippen molar-refractivity contribution in [2.75, 3.05) is 33.3 Å². The monoisotopic (exact) mass is 318 g/mol. The number of likely N-dealkylation sites (tertiary alicyclic amines) is 1. The minimum Gasteiger partial charge on any atom is -0.481 e. The van der Waals surface area contributed by atoms with Crippen molar-refractivity contribution in [3.63, 3.8) is 0 Å². The maximum absolute atomic E-state index is 12.2. The lowest BCUT2D eigenvalue weighted by Crippen LogP contribution is -2.30. The highest BCUT2D eigenvalue weighted by Crippen LogP contribution is 2.17. The van der Waals surface area contributed by atoms with E-state index in [0.29, 0.717) is 37.7 Å². The van der Waals surface area contributed by atoms with Gasteiger partial charge in [0.2, 0.25) is 5.88 Å². The zero-order valence-electron chi connectivity index (χ0n) is 13.2. The van der Waals surface area contributed by atoms with E-state index in [1.807, 2.05) is 6.07 Å². The summed E-state index contributed by atoms with van der Waals surface area (Å²) in [7, 11) is 1.55. The van der Waals surface area contributed by atoms with E-state index in [0.717, 1.165) is 11.9 Å². The van der Waals surface area contributed by atoms with E-state index < -0.39 is 0 Å². The average molecular weight is 318 g/mol. The Hall–Kier alpha value is -1.96. The van der Waals surface area contributed by atoms with Crippen LogP contribution in [0.2, 0.25) is 0 Å². The van der Waals surface area contributed by atoms with Gasteiger partial charge < -0.3 is 15.6 Å². The summed E-state index contributed by atoms with van der Waals surface area (Å²) in [6.07, 6.45) is -0.387. The van der Waals surface area contributed by atoms with Crippen molar-refractivity contribution in [3.8, 4) is 5.88 Å². The number of ether oxygens (including phenoxy) is 1. The fourth-order valence-corrected chi connectivity index (χ4v) is 3.07. The Morgan fingerprint density at radius 1 is 1.30 bits per heavy atom. The molecule has 7 nitrogen and oxygen atoms in total. The summed E-state index contributed by atoms with van der Waals surface area (Å²) in [4.78, 5) is 18.7. The minimum absolute atomic E-state index is 0.0895. The van der Waals surface area contributed by atoms with Gasteiger partial charge >= 0.3 is 0 Å². The van der Waals surface area contributed by atoms with Gasteiger partial charge in [0.15, 0.2) is 0 Å². The maximum Gasteiger partial charge on any atom is 0.252 e. The maximum atomic E-state index is 12.2. The van der Waals surface area contributed by atoms with Crippen LogP contribution in [0.3, 0.4) is 0 Å². The van der Waals surface area contributed by atoms with Gasteiger partial charge in [-0.2, -0.15) is 4.98 Å². The molecule has 3 heterocycles. The summed E-state index contributed by atoms with van der Waals surface area (Å²) < 4.78 is 6.81. The Balaban J connectivity index is 1.82. The standard InChI is InChI=1S/C16H22N4O3/c1-23-14-4-2-11-3-5-15(22)20(16(11)18-14)7-6-19-9-12(8-17)13(21)10-19/h2-5,12-13,21H,6-10,17H2,1H3. The largest absolute Gasteiger partial charge is 0.481 e. The number of aliphatic hydroxyl groups excluding tert-OH is 1. The molecule has 0 spiro atoms. The average Bonchev–Trinajstić information content (AvgIpc) is 2.93. The molecule has 0 saturated carbocycles. The molecule has 23 heavy (non-hydrogen) atoms. The molecule has 1 aliphatic rings. The second-order valence-corrected chi connectivity index (χ2v) is 5.91. The zero-order chi connectivity index (χ0) is 16.4. The van der Waals surface area contributed by atoms with E-state index in [1.54, 1.807) is 29.9 Å². The molecule has 0 bridgehead atoms. The molecule has 0 amide bonds. The van der Waals surface area contributed by atoms with Crippen molar-refractivity contribution in [3.05, 3.63) is 34.6 Å². The SMILES string of the molecule is COc1ccc2ccc(=O)n(CCN3CC(O)C(CN)C3)c2n1. The number of hydrogen-bond acceptors (Lipinski definition) is 6. The molecule has 1 saturated heterocycles. The number of β-amino-alcohol motifs (C(OH)–C–C–N with tert-alkyl or cyclic N) is 1. The van der Waals surface area contributed by atoms with E-state index in [2.05, 4.69) is 9.88 Å². The lowest BCUT2D eigenvalue weighted by atomic mass is 10.1. The summed E-state index contributed by atoms with van der Waals surface area (Å²) in [5.41, 5.74) is 6.19. The molecule has 1 aliphatic heterocycles. The highest BCUT2D eigenvalue weighted by molar-refractivity contribution is 5.75. The Morgan fingerprint density at radius 2 is 2.09 bits per heavy atom. The topological polar surface area (TPSA) is 93.6 Å². The molecule has 3 N–H and O–H groups in total. The van der Waals surface area contributed by atoms with Gasteiger partial charge in [0.05, 0.1) is 13.2 Å². The smallest absolute Gasteiger partial charge is 0.252 e. The first-order valence-electron chi connectivity index (χ1n) is 7.77. The second kappa shape index (κ2) is 6.66. The normalized spacial score (nSPS) is 21.9. The molecule has 2 atom stereocenters. The number of hydrogen-bond donors (Lipinski definition) is 2. The van der Waals surface area contributed by atoms with Gasteiger partial charge in [-0.15, -0.1) is 0 Å². The van der Waals surface area contributed by atoms with Gasteiger partial charge in [0.25, 0.3) is 5.56 Å². The Kier molecular flexibility index (Phi) is 4.61. The van der Waals surface area contributed by atoms with Crippen molar-refractivity contribution < 1.29 is 9.84 Å². The molecule has 0 aromatic carbocycles. The van der Waals surface area contributed by atoms with E-state index in [9.17, 15) is 9.90 Å². The van der Waals surface area contributed by atoms with Gasteiger partial charge in [-0.1, -0.05) is 0 Å². The summed E-state index contributed by atoms with van der Waals surface area (Å²) in [5, 5.41) is 10.8. The van der Waals surface area contributed by atoms with Crippen molar-refractivity contribution >= 4 is 11.0 Å². The third kappa shape index (κ3) is 3.21. The summed E-state index contributed by atoms with van der Waals surface area (Å²) in [5.74, 6) is 0.592. The highest BCUT2D eigenvalue weighted by atomic mass is 16.5. The third-order valence-corrected chi connectivity index (χ3v) is 4.44. The van der Waals surface area contributed by atoms with Crippen LogP contribution in [0.25, 0.3) is 11.0 Å². The fraction of sp³-hybridized carbons (Fsp3) is 0.500. The van der Waals surface area contributed by atoms with Crippen molar-refractivity contribution in [1.82, 2.24) is 14.5 Å². The van der Waals surface area contributed by atoms with Crippen molar-refractivity contribution in [2.24, 2.45) is 11.7 Å². The van der Waals surface area contributed by atoms with E-state index in [4.69, 9.17) is 10.5 Å². The molecule has 2 aromatic heterocycles. The second-order valence-electron chi connectivity index (χ2n) is 5.91. The molecule has 2 unspecified atom stereocenters. The molecule has 1 fully saturated rings. The van der Waals surface area contributed by atoms with Crippen LogP contribution in [0.15, 0.2) is 29.1 Å². The number of fused-ring (bicyclic) bond motifs is 1. The van der Waals surface area contributed by atoms with Gasteiger partial charge in [-0.05, 0) is 18.7 Å². The molecular formula is C16H22N4O3. The number of rotatable bonds is 5. The summed E-state index contributed by atoms with van der Waals surface area (Å²) >= 11 is 0. The summed E-state index contributed by atoms with van der Waals surface area (Å²) in [6, 6.07) is 6.99. The van der Waals surface area contributed by atoms with Crippen LogP contribution >= 0.6 is 0 Å². The number of nitrogens with two attached hydrogens (primary N) is 1. The number of aromatic nitrogens is 2. The fourth-order valence-electron chi connectivity index (χ4n) is 3.07. The van der Waals surface area contributed by atoms with Crippen molar-refractivity contribution in [1.29, 1.82) is 0 Å². The number of pyridine rings is 2. The quantitative estimate of drug-likeness (QED) is 0.783. The predicted octanol–water partition coefficient (Wildman–Crippen LogP) is -0.343. The first-order chi connectivity index (χ1) is 11.1. The molecule has 124 valence electrons. The minimum atomic E-state index is -0.387. The van der Waals surface area contributed by atoms with Gasteiger partial charge in [-0.25, -0.2) is 0 Å². The Labute approximate surface area is 134 Å². The van der Waals surface area contributed by atoms with Gasteiger partial charge in [-0.3, -0.25) is 14.3 Å². The first-order valence-corrected chi connectivity index (χ1v) is 7.77. The van der Waals surface area contributed by atoms with Crippen LogP contribution in [-0.4, -0.2) is 59.0 Å². The van der Waals surface area contributed by atoms with Crippen LogP contribution < -0.4 is 16.0 Å². The highest BCUT2D eigenvalue weighted by Gasteiger charge is 2.29. The molecular weight excluding hydrogens is 296 g/mol. The first kappa shape index (κ1) is 15.9. The van der Waals surface area contributed by atoms with E-state index >= 15 is 0 Å². The molecule has 2 aromatic rings. The number of methoxy groups -OCH3 is 1. The molecule has 3 rings (SSSR count). The van der Waals surface area contributed by atoms with Crippen LogP contribution in [0.4, 0.5) is 0 Å². The van der Waals surface area contributed by atoms with Crippen LogP contribution in [0.1, 0.15) is 0 Å². The lowest BCUT2D eigenvalue weighted by molar-refractivity contribution is 0.144. The molecule has 0 radical (unpaired) electrons. The molecule has 0 aliphatic carbocycles. The van der Waals surface area contributed by atoms with Crippen LogP contribution in [-0.2, 0) is 6.54 Å². The zero-order valence-corrected chi connectivity index (χ0v) is 13.2. The van der Waals surface area contributed by atoms with Gasteiger partial charge in [0, 0.05) is 49.6 Å². The van der Waals surface area contributed by atoms with Gasteiger partial charge in [0.1, 0.15) is 5.65 Å². The Bertz CT molecular complexity index is 746. The Morgan fingerprint density at radius 3 is 2.78 bits per heavy atom. The molecule has 7 heteroatoms. The van der Waals surface area contributed by atoms with E-state index in [-0.39, 0.29) is 17.6 Å². The van der Waals surface area contributed by atoms with Crippen LogP contribution in [0.5, 0.6) is 5.88 Å². The number of nitrogens with zero attached hydrogens (tertiary/aromatic N) is 3. The predicted molar refractivity (Wildman–Crippen MR) is 87.5 cm³/mol. The number of aliphatic hydroxyl groups is 1. The lowest BCUT2D eigenvalue weighted by Gasteiger charge is -2.17. The summed E-state index contributed by atoms with van der Waals surface area (Å²) in [6.45, 7) is 3.02. The third-order valence-electron chi connectivity index (χ3n) is 4.44. The van der Waals surface area contributed by atoms with Crippen molar-refractivity contribution in [2.45, 2.75) is 12.6 Å².